The monoisotopic (exact) mass is 205 g/mol. The van der Waals surface area contributed by atoms with Gasteiger partial charge in [0.05, 0.1) is 6.10 Å². The van der Waals surface area contributed by atoms with Crippen LogP contribution in [0.2, 0.25) is 0 Å². The molecular weight excluding hydrogens is 186 g/mol. The van der Waals surface area contributed by atoms with E-state index in [1.165, 1.54) is 12.8 Å². The van der Waals surface area contributed by atoms with Crippen molar-refractivity contribution in [1.82, 2.24) is 4.90 Å². The molecule has 0 aromatic heterocycles. The summed E-state index contributed by atoms with van der Waals surface area (Å²) < 4.78 is 0. The van der Waals surface area contributed by atoms with Crippen LogP contribution in [0.4, 0.5) is 0 Å². The van der Waals surface area contributed by atoms with Crippen LogP contribution in [0.3, 0.4) is 0 Å². The summed E-state index contributed by atoms with van der Waals surface area (Å²) in [4.78, 5) is 2.29. The maximum absolute atomic E-state index is 10.2. The molecule has 0 saturated heterocycles. The van der Waals surface area contributed by atoms with Gasteiger partial charge in [0, 0.05) is 12.1 Å². The summed E-state index contributed by atoms with van der Waals surface area (Å²) in [6, 6.07) is 10.8. The third kappa shape index (κ3) is 2.39. The van der Waals surface area contributed by atoms with Crippen molar-refractivity contribution in [2.24, 2.45) is 0 Å². The number of hydrogen-bond acceptors (Lipinski definition) is 2. The third-order valence-corrected chi connectivity index (χ3v) is 3.36. The largest absolute Gasteiger partial charge is 0.387 e. The van der Waals surface area contributed by atoms with E-state index in [1.807, 2.05) is 30.3 Å². The number of aliphatic hydroxyl groups is 1. The van der Waals surface area contributed by atoms with Gasteiger partial charge in [-0.1, -0.05) is 30.3 Å². The number of nitrogens with zero attached hydrogens (tertiary/aromatic N) is 1. The molecule has 1 aliphatic carbocycles. The molecule has 15 heavy (non-hydrogen) atoms. The molecule has 1 fully saturated rings. The van der Waals surface area contributed by atoms with Gasteiger partial charge < -0.3 is 5.11 Å². The Labute approximate surface area is 91.5 Å². The summed E-state index contributed by atoms with van der Waals surface area (Å²) in [5, 5.41) is 10.2. The van der Waals surface area contributed by atoms with Crippen LogP contribution >= 0.6 is 0 Å². The zero-order valence-electron chi connectivity index (χ0n) is 9.43. The van der Waals surface area contributed by atoms with Crippen LogP contribution in [0.25, 0.3) is 0 Å². The first-order valence-corrected chi connectivity index (χ1v) is 5.65. The molecule has 0 aliphatic heterocycles. The number of rotatable bonds is 4. The molecule has 1 N–H and O–H groups in total. The highest BCUT2D eigenvalue weighted by Crippen LogP contribution is 2.30. The molecule has 0 amide bonds. The van der Waals surface area contributed by atoms with Crippen molar-refractivity contribution in [1.29, 1.82) is 0 Å². The third-order valence-electron chi connectivity index (χ3n) is 3.36. The molecule has 1 saturated carbocycles. The smallest absolute Gasteiger partial charge is 0.0942 e. The fourth-order valence-corrected chi connectivity index (χ4v) is 1.97. The summed E-state index contributed by atoms with van der Waals surface area (Å²) in [6.45, 7) is 2.09. The Hall–Kier alpha value is -0.860. The lowest BCUT2D eigenvalue weighted by molar-refractivity contribution is 0.0685. The molecule has 82 valence electrons. The van der Waals surface area contributed by atoms with Gasteiger partial charge in [-0.25, -0.2) is 0 Å². The Balaban J connectivity index is 2.03. The lowest BCUT2D eigenvalue weighted by Gasteiger charge is -2.29. The fourth-order valence-electron chi connectivity index (χ4n) is 1.97. The number of hydrogen-bond donors (Lipinski definition) is 1. The van der Waals surface area contributed by atoms with Crippen LogP contribution in [-0.4, -0.2) is 29.1 Å². The highest BCUT2D eigenvalue weighted by molar-refractivity contribution is 5.18. The van der Waals surface area contributed by atoms with Gasteiger partial charge in [-0.3, -0.25) is 4.90 Å². The van der Waals surface area contributed by atoms with Crippen LogP contribution in [-0.2, 0) is 0 Å². The van der Waals surface area contributed by atoms with Gasteiger partial charge in [-0.05, 0) is 32.4 Å². The SMILES string of the molecule is CC(C(O)c1ccccc1)N(C)C1CC1. The van der Waals surface area contributed by atoms with Crippen LogP contribution < -0.4 is 0 Å². The fraction of sp³-hybridized carbons (Fsp3) is 0.538. The Morgan fingerprint density at radius 3 is 2.40 bits per heavy atom. The predicted octanol–water partition coefficient (Wildman–Crippen LogP) is 2.20. The van der Waals surface area contributed by atoms with Gasteiger partial charge in [-0.15, -0.1) is 0 Å². The van der Waals surface area contributed by atoms with E-state index < -0.39 is 0 Å². The topological polar surface area (TPSA) is 23.5 Å². The molecule has 0 spiro atoms. The van der Waals surface area contributed by atoms with Crippen LogP contribution in [0.5, 0.6) is 0 Å². The molecular formula is C13H19NO. The highest BCUT2D eigenvalue weighted by Gasteiger charge is 2.32. The summed E-state index contributed by atoms with van der Waals surface area (Å²) in [5.74, 6) is 0. The van der Waals surface area contributed by atoms with E-state index in [2.05, 4.69) is 18.9 Å². The summed E-state index contributed by atoms with van der Waals surface area (Å²) in [7, 11) is 2.11. The van der Waals surface area contributed by atoms with Crippen molar-refractivity contribution in [3.63, 3.8) is 0 Å². The summed E-state index contributed by atoms with van der Waals surface area (Å²) >= 11 is 0. The molecule has 2 atom stereocenters. The molecule has 1 aliphatic rings. The summed E-state index contributed by atoms with van der Waals surface area (Å²) in [5.41, 5.74) is 1.01. The van der Waals surface area contributed by atoms with E-state index in [1.54, 1.807) is 0 Å². The standard InChI is InChI=1S/C13H19NO/c1-10(14(2)12-8-9-12)13(15)11-6-4-3-5-7-11/h3-7,10,12-13,15H,8-9H2,1-2H3. The molecule has 0 bridgehead atoms. The Bertz CT molecular complexity index is 308. The van der Waals surface area contributed by atoms with Gasteiger partial charge in [0.25, 0.3) is 0 Å². The van der Waals surface area contributed by atoms with Crippen LogP contribution in [0.15, 0.2) is 30.3 Å². The van der Waals surface area contributed by atoms with E-state index in [0.717, 1.165) is 5.56 Å². The molecule has 2 nitrogen and oxygen atoms in total. The maximum atomic E-state index is 10.2. The van der Waals surface area contributed by atoms with Crippen molar-refractivity contribution >= 4 is 0 Å². The molecule has 1 aromatic carbocycles. The molecule has 2 heteroatoms. The molecule has 2 unspecified atom stereocenters. The Morgan fingerprint density at radius 1 is 1.27 bits per heavy atom. The average molecular weight is 205 g/mol. The minimum absolute atomic E-state index is 0.194. The number of aliphatic hydroxyl groups excluding tert-OH is 1. The van der Waals surface area contributed by atoms with E-state index >= 15 is 0 Å². The van der Waals surface area contributed by atoms with Gasteiger partial charge in [0.1, 0.15) is 0 Å². The zero-order valence-corrected chi connectivity index (χ0v) is 9.43. The minimum Gasteiger partial charge on any atom is -0.387 e. The van der Waals surface area contributed by atoms with E-state index in [-0.39, 0.29) is 12.1 Å². The number of benzene rings is 1. The molecule has 1 aromatic rings. The molecule has 2 rings (SSSR count). The van der Waals surface area contributed by atoms with Gasteiger partial charge in [0.15, 0.2) is 0 Å². The first-order chi connectivity index (χ1) is 7.20. The van der Waals surface area contributed by atoms with Gasteiger partial charge in [0.2, 0.25) is 0 Å². The minimum atomic E-state index is -0.378. The lowest BCUT2D eigenvalue weighted by atomic mass is 10.0. The maximum Gasteiger partial charge on any atom is 0.0942 e. The number of likely N-dealkylation sites (N-methyl/N-ethyl adjacent to an activating group) is 1. The van der Waals surface area contributed by atoms with Gasteiger partial charge in [-0.2, -0.15) is 0 Å². The Kier molecular flexibility index (Phi) is 3.08. The van der Waals surface area contributed by atoms with Crippen molar-refractivity contribution in [2.75, 3.05) is 7.05 Å². The zero-order chi connectivity index (χ0) is 10.8. The van der Waals surface area contributed by atoms with E-state index in [9.17, 15) is 5.11 Å². The average Bonchev–Trinajstić information content (AvgIpc) is 3.11. The van der Waals surface area contributed by atoms with Crippen molar-refractivity contribution < 1.29 is 5.11 Å². The first kappa shape index (κ1) is 10.7. The second-order valence-corrected chi connectivity index (χ2v) is 4.49. The van der Waals surface area contributed by atoms with Crippen molar-refractivity contribution in [2.45, 2.75) is 38.0 Å². The van der Waals surface area contributed by atoms with E-state index in [0.29, 0.717) is 6.04 Å². The molecule has 0 radical (unpaired) electrons. The highest BCUT2D eigenvalue weighted by atomic mass is 16.3. The van der Waals surface area contributed by atoms with E-state index in [4.69, 9.17) is 0 Å². The quantitative estimate of drug-likeness (QED) is 0.814. The van der Waals surface area contributed by atoms with Crippen molar-refractivity contribution in [3.05, 3.63) is 35.9 Å². The first-order valence-electron chi connectivity index (χ1n) is 5.65. The lowest BCUT2D eigenvalue weighted by Crippen LogP contribution is -2.35. The normalized spacial score (nSPS) is 20.3. The van der Waals surface area contributed by atoms with Crippen molar-refractivity contribution in [3.8, 4) is 0 Å². The Morgan fingerprint density at radius 2 is 1.87 bits per heavy atom. The predicted molar refractivity (Wildman–Crippen MR) is 61.6 cm³/mol. The van der Waals surface area contributed by atoms with Crippen LogP contribution in [0, 0.1) is 0 Å². The molecule has 0 heterocycles. The second-order valence-electron chi connectivity index (χ2n) is 4.49. The van der Waals surface area contributed by atoms with Gasteiger partial charge >= 0.3 is 0 Å². The van der Waals surface area contributed by atoms with Crippen LogP contribution in [0.1, 0.15) is 31.4 Å². The summed E-state index contributed by atoms with van der Waals surface area (Å²) in [6.07, 6.45) is 2.18. The second kappa shape index (κ2) is 4.33.